The summed E-state index contributed by atoms with van der Waals surface area (Å²) in [5.74, 6) is 0.645. The standard InChI is InChI=1S/C24H18N2O4/c1-29-21-9-5-2-6-16(21)12-15-22(27)25-18-13-10-17(11-14-18)23-26-20-8-4-3-7-19(20)24(28)30-23/h2-15H,1H3,(H,25,27)/b15-12+. The van der Waals surface area contributed by atoms with Gasteiger partial charge in [-0.25, -0.2) is 9.78 Å². The van der Waals surface area contributed by atoms with Gasteiger partial charge in [-0.05, 0) is 48.5 Å². The molecule has 148 valence electrons. The van der Waals surface area contributed by atoms with Crippen molar-refractivity contribution in [1.29, 1.82) is 0 Å². The highest BCUT2D eigenvalue weighted by Crippen LogP contribution is 2.21. The number of nitrogens with zero attached hydrogens (tertiary/aromatic N) is 1. The summed E-state index contributed by atoms with van der Waals surface area (Å²) in [6.07, 6.45) is 3.13. The summed E-state index contributed by atoms with van der Waals surface area (Å²) in [7, 11) is 1.58. The van der Waals surface area contributed by atoms with Crippen LogP contribution in [0.2, 0.25) is 0 Å². The van der Waals surface area contributed by atoms with Crippen LogP contribution < -0.4 is 15.7 Å². The lowest BCUT2D eigenvalue weighted by Gasteiger charge is -2.05. The van der Waals surface area contributed by atoms with Gasteiger partial charge in [0.15, 0.2) is 0 Å². The molecule has 0 atom stereocenters. The van der Waals surface area contributed by atoms with Gasteiger partial charge in [0.05, 0.1) is 18.0 Å². The number of hydrogen-bond donors (Lipinski definition) is 1. The quantitative estimate of drug-likeness (QED) is 0.500. The fraction of sp³-hybridized carbons (Fsp3) is 0.0417. The van der Waals surface area contributed by atoms with Gasteiger partial charge in [-0.15, -0.1) is 0 Å². The summed E-state index contributed by atoms with van der Waals surface area (Å²) in [6.45, 7) is 0. The largest absolute Gasteiger partial charge is 0.496 e. The molecule has 0 aliphatic rings. The topological polar surface area (TPSA) is 81.4 Å². The van der Waals surface area contributed by atoms with Crippen molar-refractivity contribution in [3.8, 4) is 17.2 Å². The molecule has 1 N–H and O–H groups in total. The highest BCUT2D eigenvalue weighted by molar-refractivity contribution is 6.02. The van der Waals surface area contributed by atoms with Gasteiger partial charge >= 0.3 is 5.63 Å². The van der Waals surface area contributed by atoms with E-state index in [1.807, 2.05) is 30.3 Å². The molecule has 30 heavy (non-hydrogen) atoms. The molecule has 1 heterocycles. The van der Waals surface area contributed by atoms with Crippen molar-refractivity contribution < 1.29 is 13.9 Å². The minimum Gasteiger partial charge on any atom is -0.496 e. The monoisotopic (exact) mass is 398 g/mol. The molecule has 6 nitrogen and oxygen atoms in total. The van der Waals surface area contributed by atoms with Crippen molar-refractivity contribution in [2.45, 2.75) is 0 Å². The van der Waals surface area contributed by atoms with Crippen LogP contribution in [-0.2, 0) is 4.79 Å². The summed E-state index contributed by atoms with van der Waals surface area (Å²) in [5.41, 5.74) is 2.19. The van der Waals surface area contributed by atoms with Crippen molar-refractivity contribution in [3.63, 3.8) is 0 Å². The maximum atomic E-state index is 12.2. The van der Waals surface area contributed by atoms with Crippen molar-refractivity contribution in [1.82, 2.24) is 4.98 Å². The summed E-state index contributed by atoms with van der Waals surface area (Å²) in [6, 6.07) is 21.4. The second-order valence-corrected chi connectivity index (χ2v) is 6.47. The Kier molecular flexibility index (Phi) is 5.39. The van der Waals surface area contributed by atoms with Crippen LogP contribution >= 0.6 is 0 Å². The summed E-state index contributed by atoms with van der Waals surface area (Å²) in [5, 5.41) is 3.23. The van der Waals surface area contributed by atoms with Gasteiger partial charge in [0.2, 0.25) is 11.8 Å². The number of rotatable bonds is 5. The van der Waals surface area contributed by atoms with Crippen LogP contribution in [0.15, 0.2) is 88.1 Å². The van der Waals surface area contributed by atoms with Crippen LogP contribution in [0.25, 0.3) is 28.4 Å². The number of aromatic nitrogens is 1. The molecule has 0 aliphatic carbocycles. The Labute approximate surface area is 172 Å². The Morgan fingerprint density at radius 2 is 1.73 bits per heavy atom. The minimum atomic E-state index is -0.436. The van der Waals surface area contributed by atoms with E-state index in [4.69, 9.17) is 9.15 Å². The van der Waals surface area contributed by atoms with Gasteiger partial charge in [0.25, 0.3) is 0 Å². The maximum Gasteiger partial charge on any atom is 0.347 e. The average molecular weight is 398 g/mol. The van der Waals surface area contributed by atoms with Crippen molar-refractivity contribution in [3.05, 3.63) is 94.9 Å². The van der Waals surface area contributed by atoms with E-state index in [2.05, 4.69) is 10.3 Å². The van der Waals surface area contributed by atoms with E-state index in [0.29, 0.717) is 27.9 Å². The Morgan fingerprint density at radius 1 is 1.00 bits per heavy atom. The first kappa shape index (κ1) is 19.1. The molecular formula is C24H18N2O4. The van der Waals surface area contributed by atoms with Crippen LogP contribution in [0.4, 0.5) is 5.69 Å². The van der Waals surface area contributed by atoms with Crippen LogP contribution in [0.5, 0.6) is 5.75 Å². The summed E-state index contributed by atoms with van der Waals surface area (Å²) in [4.78, 5) is 28.8. The third-order valence-corrected chi connectivity index (χ3v) is 4.49. The van der Waals surface area contributed by atoms with Crippen molar-refractivity contribution in [2.24, 2.45) is 0 Å². The smallest absolute Gasteiger partial charge is 0.347 e. The first-order valence-corrected chi connectivity index (χ1v) is 9.26. The van der Waals surface area contributed by atoms with E-state index in [1.165, 1.54) is 6.08 Å². The number of fused-ring (bicyclic) bond motifs is 1. The number of carbonyl (C=O) groups excluding carboxylic acids is 1. The molecule has 0 saturated carbocycles. The Morgan fingerprint density at radius 3 is 2.53 bits per heavy atom. The van der Waals surface area contributed by atoms with Gasteiger partial charge in [-0.1, -0.05) is 30.3 Å². The first-order chi connectivity index (χ1) is 14.6. The highest BCUT2D eigenvalue weighted by atomic mass is 16.5. The normalized spacial score (nSPS) is 11.0. The van der Waals surface area contributed by atoms with Crippen molar-refractivity contribution >= 4 is 28.6 Å². The fourth-order valence-electron chi connectivity index (χ4n) is 2.99. The average Bonchev–Trinajstić information content (AvgIpc) is 2.78. The molecular weight excluding hydrogens is 380 g/mol. The van der Waals surface area contributed by atoms with E-state index in [1.54, 1.807) is 55.7 Å². The molecule has 0 spiro atoms. The van der Waals surface area contributed by atoms with Crippen LogP contribution in [0, 0.1) is 0 Å². The molecule has 0 saturated heterocycles. The van der Waals surface area contributed by atoms with Crippen molar-refractivity contribution in [2.75, 3.05) is 12.4 Å². The lowest BCUT2D eigenvalue weighted by atomic mass is 10.1. The minimum absolute atomic E-state index is 0.229. The Hall–Kier alpha value is -4.19. The highest BCUT2D eigenvalue weighted by Gasteiger charge is 2.08. The Balaban J connectivity index is 1.49. The molecule has 4 aromatic rings. The van der Waals surface area contributed by atoms with Gasteiger partial charge in [0.1, 0.15) is 5.75 Å². The molecule has 1 amide bonds. The molecule has 3 aromatic carbocycles. The molecule has 0 fully saturated rings. The van der Waals surface area contributed by atoms with E-state index < -0.39 is 5.63 Å². The second kappa shape index (κ2) is 8.45. The number of para-hydroxylation sites is 2. The molecule has 1 aromatic heterocycles. The SMILES string of the molecule is COc1ccccc1/C=C/C(=O)Nc1ccc(-c2nc3ccccc3c(=O)o2)cc1. The molecule has 4 rings (SSSR count). The van der Waals surface area contributed by atoms with E-state index >= 15 is 0 Å². The number of benzene rings is 3. The number of amides is 1. The molecule has 0 aliphatic heterocycles. The molecule has 0 radical (unpaired) electrons. The number of anilines is 1. The number of nitrogens with one attached hydrogen (secondary N) is 1. The zero-order valence-corrected chi connectivity index (χ0v) is 16.2. The van der Waals surface area contributed by atoms with E-state index in [9.17, 15) is 9.59 Å². The number of hydrogen-bond acceptors (Lipinski definition) is 5. The number of methoxy groups -OCH3 is 1. The molecule has 0 unspecified atom stereocenters. The predicted molar refractivity (Wildman–Crippen MR) is 116 cm³/mol. The maximum absolute atomic E-state index is 12.2. The van der Waals surface area contributed by atoms with Gasteiger partial charge in [0, 0.05) is 22.9 Å². The van der Waals surface area contributed by atoms with Crippen LogP contribution in [0.3, 0.4) is 0 Å². The number of carbonyl (C=O) groups is 1. The number of ether oxygens (including phenoxy) is 1. The van der Waals surface area contributed by atoms with E-state index in [0.717, 1.165) is 5.56 Å². The Bertz CT molecular complexity index is 1290. The fourth-order valence-corrected chi connectivity index (χ4v) is 2.99. The zero-order chi connectivity index (χ0) is 20.9. The van der Waals surface area contributed by atoms with Gasteiger partial charge < -0.3 is 14.5 Å². The lowest BCUT2D eigenvalue weighted by Crippen LogP contribution is -2.07. The van der Waals surface area contributed by atoms with Crippen LogP contribution in [-0.4, -0.2) is 18.0 Å². The summed E-state index contributed by atoms with van der Waals surface area (Å²) >= 11 is 0. The third kappa shape index (κ3) is 4.12. The molecule has 6 heteroatoms. The third-order valence-electron chi connectivity index (χ3n) is 4.49. The lowest BCUT2D eigenvalue weighted by molar-refractivity contribution is -0.111. The predicted octanol–water partition coefficient (Wildman–Crippen LogP) is 4.52. The van der Waals surface area contributed by atoms with Gasteiger partial charge in [-0.3, -0.25) is 4.79 Å². The first-order valence-electron chi connectivity index (χ1n) is 9.26. The van der Waals surface area contributed by atoms with Crippen LogP contribution in [0.1, 0.15) is 5.56 Å². The van der Waals surface area contributed by atoms with E-state index in [-0.39, 0.29) is 11.8 Å². The molecule has 0 bridgehead atoms. The second-order valence-electron chi connectivity index (χ2n) is 6.47. The zero-order valence-electron chi connectivity index (χ0n) is 16.2. The van der Waals surface area contributed by atoms with Gasteiger partial charge in [-0.2, -0.15) is 0 Å². The summed E-state index contributed by atoms with van der Waals surface area (Å²) < 4.78 is 10.6.